The van der Waals surface area contributed by atoms with Crippen LogP contribution in [0.1, 0.15) is 30.3 Å². The third kappa shape index (κ3) is 5.18. The van der Waals surface area contributed by atoms with Crippen molar-refractivity contribution < 1.29 is 33.0 Å². The number of nitrogens with one attached hydrogen (secondary N) is 2. The maximum Gasteiger partial charge on any atom is 0.306 e. The van der Waals surface area contributed by atoms with Gasteiger partial charge in [0.05, 0.1) is 27.2 Å². The van der Waals surface area contributed by atoms with Crippen molar-refractivity contribution in [2.45, 2.75) is 19.8 Å². The molecule has 2 N–H and O–H groups in total. The van der Waals surface area contributed by atoms with Gasteiger partial charge in [-0.05, 0) is 31.2 Å². The number of carbonyl (C=O) groups excluding carboxylic acids is 3. The average Bonchev–Trinajstić information content (AvgIpc) is 3.16. The highest BCUT2D eigenvalue weighted by molar-refractivity contribution is 6.14. The van der Waals surface area contributed by atoms with Crippen molar-refractivity contribution in [3.63, 3.8) is 0 Å². The molecule has 0 aliphatic heterocycles. The van der Waals surface area contributed by atoms with Crippen LogP contribution in [-0.2, 0) is 14.3 Å². The highest BCUT2D eigenvalue weighted by Crippen LogP contribution is 2.33. The van der Waals surface area contributed by atoms with Gasteiger partial charge in [0.25, 0.3) is 5.91 Å². The van der Waals surface area contributed by atoms with Gasteiger partial charge in [0.15, 0.2) is 11.5 Å². The van der Waals surface area contributed by atoms with Gasteiger partial charge in [-0.2, -0.15) is 0 Å². The first-order chi connectivity index (χ1) is 15.5. The van der Waals surface area contributed by atoms with Gasteiger partial charge in [-0.1, -0.05) is 12.1 Å². The predicted molar refractivity (Wildman–Crippen MR) is 118 cm³/mol. The number of esters is 1. The number of methoxy groups -OCH3 is 2. The molecule has 1 heterocycles. The molecule has 0 spiro atoms. The van der Waals surface area contributed by atoms with E-state index in [1.807, 2.05) is 0 Å². The molecule has 0 bridgehead atoms. The first kappa shape index (κ1) is 22.7. The van der Waals surface area contributed by atoms with Gasteiger partial charge in [-0.25, -0.2) is 0 Å². The topological polar surface area (TPSA) is 116 Å². The Balaban J connectivity index is 1.84. The Bertz CT molecular complexity index is 1140. The van der Waals surface area contributed by atoms with Gasteiger partial charge in [-0.3, -0.25) is 14.4 Å². The molecule has 9 heteroatoms. The van der Waals surface area contributed by atoms with Crippen molar-refractivity contribution in [2.75, 3.05) is 31.5 Å². The van der Waals surface area contributed by atoms with Gasteiger partial charge in [0.2, 0.25) is 11.7 Å². The summed E-state index contributed by atoms with van der Waals surface area (Å²) in [5.74, 6) is -0.568. The van der Waals surface area contributed by atoms with Crippen LogP contribution < -0.4 is 20.1 Å². The highest BCUT2D eigenvalue weighted by Gasteiger charge is 2.23. The summed E-state index contributed by atoms with van der Waals surface area (Å²) in [5, 5.41) is 5.99. The van der Waals surface area contributed by atoms with Crippen molar-refractivity contribution in [2.24, 2.45) is 0 Å². The van der Waals surface area contributed by atoms with Gasteiger partial charge in [-0.15, -0.1) is 0 Å². The number of anilines is 2. The fourth-order valence-corrected chi connectivity index (χ4v) is 3.08. The number of para-hydroxylation sites is 1. The Kier molecular flexibility index (Phi) is 7.33. The molecule has 3 aromatic rings. The summed E-state index contributed by atoms with van der Waals surface area (Å²) >= 11 is 0. The molecule has 1 aromatic heterocycles. The van der Waals surface area contributed by atoms with Crippen LogP contribution in [0.4, 0.5) is 11.4 Å². The number of hydrogen-bond acceptors (Lipinski definition) is 7. The molecule has 0 aliphatic rings. The Morgan fingerprint density at radius 3 is 2.41 bits per heavy atom. The van der Waals surface area contributed by atoms with E-state index in [9.17, 15) is 14.4 Å². The zero-order valence-electron chi connectivity index (χ0n) is 18.0. The minimum Gasteiger partial charge on any atom is -0.493 e. The molecule has 0 saturated heterocycles. The standard InChI is InChI=1S/C23H24N2O7/c1-4-31-20(27)12-11-19(26)25-21-15-7-5-6-8-16(15)32-22(21)23(28)24-14-9-10-17(29-2)18(13-14)30-3/h5-10,13H,4,11-12H2,1-3H3,(H,24,28)(H,25,26). The first-order valence-corrected chi connectivity index (χ1v) is 9.97. The van der Waals surface area contributed by atoms with E-state index in [2.05, 4.69) is 10.6 Å². The number of fused-ring (bicyclic) bond motifs is 1. The molecule has 2 amide bonds. The molecule has 168 valence electrons. The van der Waals surface area contributed by atoms with E-state index in [1.165, 1.54) is 14.2 Å². The van der Waals surface area contributed by atoms with Crippen molar-refractivity contribution >= 4 is 40.1 Å². The molecule has 32 heavy (non-hydrogen) atoms. The highest BCUT2D eigenvalue weighted by atomic mass is 16.5. The molecule has 0 fully saturated rings. The van der Waals surface area contributed by atoms with Crippen LogP contribution in [0, 0.1) is 0 Å². The lowest BCUT2D eigenvalue weighted by Crippen LogP contribution is -2.18. The predicted octanol–water partition coefficient (Wildman–Crippen LogP) is 3.98. The number of benzene rings is 2. The number of furan rings is 1. The molecule has 0 atom stereocenters. The van der Waals surface area contributed by atoms with Gasteiger partial charge in [0, 0.05) is 23.6 Å². The molecule has 9 nitrogen and oxygen atoms in total. The number of rotatable bonds is 9. The summed E-state index contributed by atoms with van der Waals surface area (Å²) in [6.45, 7) is 1.94. The molecular formula is C23H24N2O7. The molecule has 3 rings (SSSR count). The van der Waals surface area contributed by atoms with Crippen molar-refractivity contribution in [1.82, 2.24) is 0 Å². The second-order valence-corrected chi connectivity index (χ2v) is 6.68. The third-order valence-electron chi connectivity index (χ3n) is 4.57. The Hall–Kier alpha value is -4.01. The average molecular weight is 440 g/mol. The van der Waals surface area contributed by atoms with Crippen LogP contribution in [0.5, 0.6) is 11.5 Å². The lowest BCUT2D eigenvalue weighted by Gasteiger charge is -2.11. The molecular weight excluding hydrogens is 416 g/mol. The summed E-state index contributed by atoms with van der Waals surface area (Å²) in [4.78, 5) is 37.0. The number of ether oxygens (including phenoxy) is 3. The van der Waals surface area contributed by atoms with Gasteiger partial charge >= 0.3 is 5.97 Å². The van der Waals surface area contributed by atoms with E-state index < -0.39 is 17.8 Å². The summed E-state index contributed by atoms with van der Waals surface area (Å²) in [7, 11) is 3.01. The maximum absolute atomic E-state index is 13.0. The van der Waals surface area contributed by atoms with E-state index in [-0.39, 0.29) is 30.9 Å². The number of carbonyl (C=O) groups is 3. The van der Waals surface area contributed by atoms with Crippen LogP contribution in [0.25, 0.3) is 11.0 Å². The zero-order chi connectivity index (χ0) is 23.1. The summed E-state index contributed by atoms with van der Waals surface area (Å²) in [6, 6.07) is 11.9. The second kappa shape index (κ2) is 10.3. The summed E-state index contributed by atoms with van der Waals surface area (Å²) in [5.41, 5.74) is 1.12. The van der Waals surface area contributed by atoms with E-state index in [1.54, 1.807) is 49.4 Å². The summed E-state index contributed by atoms with van der Waals surface area (Å²) < 4.78 is 21.0. The lowest BCUT2D eigenvalue weighted by molar-refractivity contribution is -0.144. The van der Waals surface area contributed by atoms with E-state index in [0.717, 1.165) is 0 Å². The maximum atomic E-state index is 13.0. The molecule has 0 saturated carbocycles. The van der Waals surface area contributed by atoms with Crippen molar-refractivity contribution in [3.05, 3.63) is 48.2 Å². The number of amides is 2. The number of hydrogen-bond donors (Lipinski definition) is 2. The zero-order valence-corrected chi connectivity index (χ0v) is 18.0. The third-order valence-corrected chi connectivity index (χ3v) is 4.57. The van der Waals surface area contributed by atoms with Crippen LogP contribution in [-0.4, -0.2) is 38.6 Å². The minimum atomic E-state index is -0.561. The molecule has 0 unspecified atom stereocenters. The Morgan fingerprint density at radius 2 is 1.69 bits per heavy atom. The Labute approximate surface area is 184 Å². The summed E-state index contributed by atoms with van der Waals surface area (Å²) in [6.07, 6.45) is -0.155. The van der Waals surface area contributed by atoms with Crippen molar-refractivity contribution in [1.29, 1.82) is 0 Å². The van der Waals surface area contributed by atoms with Gasteiger partial charge < -0.3 is 29.3 Å². The van der Waals surface area contributed by atoms with Crippen molar-refractivity contribution in [3.8, 4) is 11.5 Å². The van der Waals surface area contributed by atoms with Crippen LogP contribution in [0.2, 0.25) is 0 Å². The van der Waals surface area contributed by atoms with E-state index in [4.69, 9.17) is 18.6 Å². The molecule has 0 radical (unpaired) electrons. The monoisotopic (exact) mass is 440 g/mol. The largest absolute Gasteiger partial charge is 0.493 e. The van der Waals surface area contributed by atoms with Crippen LogP contribution >= 0.6 is 0 Å². The van der Waals surface area contributed by atoms with Crippen LogP contribution in [0.15, 0.2) is 46.9 Å². The molecule has 0 aliphatic carbocycles. The smallest absolute Gasteiger partial charge is 0.306 e. The van der Waals surface area contributed by atoms with Crippen LogP contribution in [0.3, 0.4) is 0 Å². The first-order valence-electron chi connectivity index (χ1n) is 9.97. The fourth-order valence-electron chi connectivity index (χ4n) is 3.08. The molecule has 2 aromatic carbocycles. The quantitative estimate of drug-likeness (QED) is 0.483. The SMILES string of the molecule is CCOC(=O)CCC(=O)Nc1c(C(=O)Nc2ccc(OC)c(OC)c2)oc2ccccc12. The normalized spacial score (nSPS) is 10.5. The minimum absolute atomic E-state index is 0.0644. The fraction of sp³-hybridized carbons (Fsp3) is 0.261. The van der Waals surface area contributed by atoms with E-state index in [0.29, 0.717) is 28.2 Å². The Morgan fingerprint density at radius 1 is 0.938 bits per heavy atom. The lowest BCUT2D eigenvalue weighted by atomic mass is 10.2. The van der Waals surface area contributed by atoms with E-state index >= 15 is 0 Å². The second-order valence-electron chi connectivity index (χ2n) is 6.68. The van der Waals surface area contributed by atoms with Gasteiger partial charge in [0.1, 0.15) is 11.3 Å².